The number of aliphatic hydroxyl groups excluding tert-OH is 2. The Morgan fingerprint density at radius 3 is 2.50 bits per heavy atom. The van der Waals surface area contributed by atoms with E-state index in [2.05, 4.69) is 12.1 Å². The molecule has 0 aromatic heterocycles. The van der Waals surface area contributed by atoms with Gasteiger partial charge in [0.1, 0.15) is 11.5 Å². The van der Waals surface area contributed by atoms with Gasteiger partial charge >= 0.3 is 0 Å². The molecule has 0 unspecified atom stereocenters. The van der Waals surface area contributed by atoms with Crippen LogP contribution in [0.15, 0.2) is 42.5 Å². The van der Waals surface area contributed by atoms with Gasteiger partial charge in [0, 0.05) is 16.1 Å². The summed E-state index contributed by atoms with van der Waals surface area (Å²) in [7, 11) is 0. The van der Waals surface area contributed by atoms with Gasteiger partial charge in [0.2, 0.25) is 0 Å². The predicted octanol–water partition coefficient (Wildman–Crippen LogP) is 3.67. The molecule has 4 nitrogen and oxygen atoms in total. The van der Waals surface area contributed by atoms with Gasteiger partial charge in [0.05, 0.1) is 19.3 Å². The Hall–Kier alpha value is -1.69. The average Bonchev–Trinajstić information content (AvgIpc) is 2.64. The van der Waals surface area contributed by atoms with Crippen molar-refractivity contribution in [2.75, 3.05) is 13.2 Å². The minimum Gasteiger partial charge on any atom is -0.508 e. The van der Waals surface area contributed by atoms with Crippen molar-refractivity contribution in [3.05, 3.63) is 59.2 Å². The third-order valence-corrected chi connectivity index (χ3v) is 6.16. The molecule has 0 amide bonds. The fraction of sp³-hybridized carbons (Fsp3) is 0.429. The van der Waals surface area contributed by atoms with Crippen molar-refractivity contribution in [1.29, 1.82) is 0 Å². The lowest BCUT2D eigenvalue weighted by Crippen LogP contribution is -2.26. The number of rotatable bonds is 6. The zero-order chi connectivity index (χ0) is 18.5. The van der Waals surface area contributed by atoms with Crippen molar-refractivity contribution >= 4 is 11.8 Å². The van der Waals surface area contributed by atoms with Crippen LogP contribution in [-0.4, -0.2) is 39.9 Å². The Morgan fingerprint density at radius 1 is 1.08 bits per heavy atom. The Kier molecular flexibility index (Phi) is 6.46. The molecule has 3 N–H and O–H groups in total. The second kappa shape index (κ2) is 8.80. The van der Waals surface area contributed by atoms with Gasteiger partial charge in [-0.2, -0.15) is 0 Å². The smallest absolute Gasteiger partial charge is 0.119 e. The van der Waals surface area contributed by atoms with E-state index in [-0.39, 0.29) is 22.9 Å². The van der Waals surface area contributed by atoms with Gasteiger partial charge in [0.15, 0.2) is 0 Å². The molecule has 5 heteroatoms. The fourth-order valence-corrected chi connectivity index (χ4v) is 4.94. The molecule has 0 bridgehead atoms. The minimum absolute atomic E-state index is 0.00354. The van der Waals surface area contributed by atoms with Crippen LogP contribution in [0.4, 0.5) is 0 Å². The standard InChI is InChI=1S/C21H26O4S/c1-2-25-17-6-3-14(4-7-17)9-15-5-8-20(24)19(10-15)21-12-16(23)11-18(13-22)26-21/h3-8,10,16,18,21-24H,2,9,11-13H2,1H3/t16-,18-,21+/m0/s1. The number of hydrogen-bond donors (Lipinski definition) is 3. The van der Waals surface area contributed by atoms with Crippen LogP contribution in [-0.2, 0) is 6.42 Å². The third kappa shape index (κ3) is 4.72. The molecule has 0 spiro atoms. The monoisotopic (exact) mass is 374 g/mol. The first kappa shape index (κ1) is 19.1. The van der Waals surface area contributed by atoms with Gasteiger partial charge in [-0.05, 0) is 55.5 Å². The van der Waals surface area contributed by atoms with Crippen LogP contribution in [0.25, 0.3) is 0 Å². The molecule has 0 aliphatic carbocycles. The highest BCUT2D eigenvalue weighted by molar-refractivity contribution is 8.00. The molecule has 140 valence electrons. The quantitative estimate of drug-likeness (QED) is 0.720. The number of thioether (sulfide) groups is 1. The zero-order valence-electron chi connectivity index (χ0n) is 15.0. The molecule has 26 heavy (non-hydrogen) atoms. The Bertz CT molecular complexity index is 716. The maximum absolute atomic E-state index is 10.3. The Labute approximate surface area is 158 Å². The van der Waals surface area contributed by atoms with E-state index < -0.39 is 6.10 Å². The summed E-state index contributed by atoms with van der Waals surface area (Å²) in [5.41, 5.74) is 3.13. The van der Waals surface area contributed by atoms with Crippen molar-refractivity contribution in [2.24, 2.45) is 0 Å². The fourth-order valence-electron chi connectivity index (χ4n) is 3.39. The van der Waals surface area contributed by atoms with Gasteiger partial charge in [-0.15, -0.1) is 11.8 Å². The zero-order valence-corrected chi connectivity index (χ0v) is 15.8. The van der Waals surface area contributed by atoms with Crippen LogP contribution in [0.5, 0.6) is 11.5 Å². The summed E-state index contributed by atoms with van der Waals surface area (Å²) < 4.78 is 5.48. The number of aliphatic hydroxyl groups is 2. The second-order valence-electron chi connectivity index (χ2n) is 6.70. The van der Waals surface area contributed by atoms with Gasteiger partial charge in [0.25, 0.3) is 0 Å². The molecule has 1 aliphatic heterocycles. The lowest BCUT2D eigenvalue weighted by molar-refractivity contribution is 0.137. The van der Waals surface area contributed by atoms with Gasteiger partial charge in [-0.1, -0.05) is 24.3 Å². The lowest BCUT2D eigenvalue weighted by Gasteiger charge is -2.32. The van der Waals surface area contributed by atoms with Crippen LogP contribution in [0.2, 0.25) is 0 Å². The van der Waals surface area contributed by atoms with Crippen molar-refractivity contribution in [2.45, 2.75) is 42.8 Å². The van der Waals surface area contributed by atoms with Crippen molar-refractivity contribution in [3.8, 4) is 11.5 Å². The van der Waals surface area contributed by atoms with Gasteiger partial charge in [-0.25, -0.2) is 0 Å². The van der Waals surface area contributed by atoms with E-state index in [0.717, 1.165) is 23.3 Å². The van der Waals surface area contributed by atoms with Crippen molar-refractivity contribution in [1.82, 2.24) is 0 Å². The molecule has 1 fully saturated rings. The van der Waals surface area contributed by atoms with Crippen molar-refractivity contribution < 1.29 is 20.1 Å². The Balaban J connectivity index is 1.76. The molecule has 1 saturated heterocycles. The highest BCUT2D eigenvalue weighted by Gasteiger charge is 2.30. The molecule has 0 saturated carbocycles. The summed E-state index contributed by atoms with van der Waals surface area (Å²) in [4.78, 5) is 0. The lowest BCUT2D eigenvalue weighted by atomic mass is 9.97. The van der Waals surface area contributed by atoms with E-state index in [4.69, 9.17) is 4.74 Å². The molecular weight excluding hydrogens is 348 g/mol. The molecular formula is C21H26O4S. The number of aromatic hydroxyl groups is 1. The normalized spacial score (nSPS) is 23.0. The first-order chi connectivity index (χ1) is 12.6. The second-order valence-corrected chi connectivity index (χ2v) is 8.21. The van der Waals surface area contributed by atoms with Crippen LogP contribution < -0.4 is 4.74 Å². The van der Waals surface area contributed by atoms with E-state index in [0.29, 0.717) is 19.4 Å². The molecule has 1 aliphatic rings. The Morgan fingerprint density at radius 2 is 1.81 bits per heavy atom. The average molecular weight is 375 g/mol. The maximum Gasteiger partial charge on any atom is 0.119 e. The number of phenolic OH excluding ortho intramolecular Hbond substituents is 1. The minimum atomic E-state index is -0.437. The van der Waals surface area contributed by atoms with Crippen LogP contribution in [0, 0.1) is 0 Å². The van der Waals surface area contributed by atoms with E-state index in [9.17, 15) is 15.3 Å². The summed E-state index contributed by atoms with van der Waals surface area (Å²) in [6, 6.07) is 13.7. The largest absolute Gasteiger partial charge is 0.508 e. The van der Waals surface area contributed by atoms with E-state index in [1.165, 1.54) is 5.56 Å². The topological polar surface area (TPSA) is 69.9 Å². The molecule has 3 rings (SSSR count). The number of ether oxygens (including phenoxy) is 1. The molecule has 2 aromatic rings. The SMILES string of the molecule is CCOc1ccc(Cc2ccc(O)c([C@H]3C[C@@H](O)C[C@@H](CO)S3)c2)cc1. The summed E-state index contributed by atoms with van der Waals surface area (Å²) >= 11 is 1.64. The molecule has 3 atom stereocenters. The molecule has 1 heterocycles. The van der Waals surface area contributed by atoms with E-state index in [1.807, 2.05) is 31.2 Å². The van der Waals surface area contributed by atoms with Crippen LogP contribution >= 0.6 is 11.8 Å². The van der Waals surface area contributed by atoms with E-state index in [1.54, 1.807) is 17.8 Å². The first-order valence-corrected chi connectivity index (χ1v) is 10.0. The number of phenols is 1. The third-order valence-electron chi connectivity index (χ3n) is 4.66. The van der Waals surface area contributed by atoms with Gasteiger partial charge < -0.3 is 20.1 Å². The predicted molar refractivity (Wildman–Crippen MR) is 105 cm³/mol. The highest BCUT2D eigenvalue weighted by Crippen LogP contribution is 2.45. The van der Waals surface area contributed by atoms with Crippen LogP contribution in [0.1, 0.15) is 41.7 Å². The van der Waals surface area contributed by atoms with Gasteiger partial charge in [-0.3, -0.25) is 0 Å². The highest BCUT2D eigenvalue weighted by atomic mass is 32.2. The summed E-state index contributed by atoms with van der Waals surface area (Å²) in [6.45, 7) is 2.67. The maximum atomic E-state index is 10.3. The van der Waals surface area contributed by atoms with Crippen LogP contribution in [0.3, 0.4) is 0 Å². The van der Waals surface area contributed by atoms with Crippen molar-refractivity contribution in [3.63, 3.8) is 0 Å². The molecule has 2 aromatic carbocycles. The van der Waals surface area contributed by atoms with E-state index >= 15 is 0 Å². The molecule has 0 radical (unpaired) electrons. The summed E-state index contributed by atoms with van der Waals surface area (Å²) in [5.74, 6) is 1.12. The summed E-state index contributed by atoms with van der Waals surface area (Å²) in [5, 5.41) is 29.9. The first-order valence-electron chi connectivity index (χ1n) is 9.07. The number of benzene rings is 2. The summed E-state index contributed by atoms with van der Waals surface area (Å²) in [6.07, 6.45) is 1.53. The number of hydrogen-bond acceptors (Lipinski definition) is 5.